The summed E-state index contributed by atoms with van der Waals surface area (Å²) in [6.07, 6.45) is -0.900. The summed E-state index contributed by atoms with van der Waals surface area (Å²) in [4.78, 5) is 10.5. The van der Waals surface area contributed by atoms with Gasteiger partial charge in [0.15, 0.2) is 11.5 Å². The molecule has 2 N–H and O–H groups in total. The Labute approximate surface area is 86.6 Å². The van der Waals surface area contributed by atoms with Crippen molar-refractivity contribution in [2.24, 2.45) is 5.73 Å². The van der Waals surface area contributed by atoms with Crippen molar-refractivity contribution < 1.29 is 14.3 Å². The van der Waals surface area contributed by atoms with Crippen LogP contribution in [0.1, 0.15) is 5.56 Å². The number of hydrogen-bond acceptors (Lipinski definition) is 3. The highest BCUT2D eigenvalue weighted by Crippen LogP contribution is 2.32. The van der Waals surface area contributed by atoms with Crippen LogP contribution in [0.3, 0.4) is 0 Å². The predicted molar refractivity (Wildman–Crippen MR) is 53.0 cm³/mol. The van der Waals surface area contributed by atoms with Gasteiger partial charge in [-0.25, -0.2) is 4.79 Å². The van der Waals surface area contributed by atoms with Crippen molar-refractivity contribution in [2.75, 3.05) is 7.11 Å². The molecule has 0 saturated carbocycles. The maximum absolute atomic E-state index is 10.5. The number of halogens is 1. The van der Waals surface area contributed by atoms with Crippen LogP contribution >= 0.6 is 11.6 Å². The van der Waals surface area contributed by atoms with Gasteiger partial charge in [0, 0.05) is 11.1 Å². The molecule has 0 spiro atoms. The fourth-order valence-corrected chi connectivity index (χ4v) is 1.14. The topological polar surface area (TPSA) is 61.6 Å². The molecule has 4 nitrogen and oxygen atoms in total. The summed E-state index contributed by atoms with van der Waals surface area (Å²) >= 11 is 5.84. The standard InChI is InChI=1S/C9H10ClNO3/c1-5-3-7(13-2)8(4-6(5)10)14-9(11)12/h3-4H,1-2H3,(H2,11,12). The molecule has 0 aromatic heterocycles. The van der Waals surface area contributed by atoms with Gasteiger partial charge in [0.25, 0.3) is 0 Å². The van der Waals surface area contributed by atoms with Gasteiger partial charge in [-0.3, -0.25) is 0 Å². The van der Waals surface area contributed by atoms with Gasteiger partial charge in [0.1, 0.15) is 0 Å². The monoisotopic (exact) mass is 215 g/mol. The number of carbonyl (C=O) groups excluding carboxylic acids is 1. The van der Waals surface area contributed by atoms with Crippen LogP contribution in [0.25, 0.3) is 0 Å². The summed E-state index contributed by atoms with van der Waals surface area (Å²) < 4.78 is 9.69. The van der Waals surface area contributed by atoms with Crippen molar-refractivity contribution in [2.45, 2.75) is 6.92 Å². The van der Waals surface area contributed by atoms with E-state index in [1.165, 1.54) is 13.2 Å². The molecule has 5 heteroatoms. The molecule has 0 fully saturated rings. The van der Waals surface area contributed by atoms with Gasteiger partial charge in [-0.15, -0.1) is 0 Å². The molecule has 0 heterocycles. The first-order chi connectivity index (χ1) is 6.54. The molecule has 76 valence electrons. The molecule has 1 rings (SSSR count). The average molecular weight is 216 g/mol. The van der Waals surface area contributed by atoms with Gasteiger partial charge in [-0.2, -0.15) is 0 Å². The molecule has 0 aliphatic carbocycles. The van der Waals surface area contributed by atoms with E-state index in [2.05, 4.69) is 0 Å². The fourth-order valence-electron chi connectivity index (χ4n) is 0.984. The summed E-state index contributed by atoms with van der Waals surface area (Å²) in [5.74, 6) is 0.640. The van der Waals surface area contributed by atoms with Crippen LogP contribution in [-0.4, -0.2) is 13.2 Å². The summed E-state index contributed by atoms with van der Waals surface area (Å²) in [5.41, 5.74) is 5.71. The lowest BCUT2D eigenvalue weighted by Crippen LogP contribution is -2.16. The zero-order valence-corrected chi connectivity index (χ0v) is 8.59. The number of methoxy groups -OCH3 is 1. The van der Waals surface area contributed by atoms with Crippen molar-refractivity contribution in [1.82, 2.24) is 0 Å². The largest absolute Gasteiger partial charge is 0.493 e. The lowest BCUT2D eigenvalue weighted by molar-refractivity contribution is 0.208. The molecule has 0 radical (unpaired) electrons. The number of aryl methyl sites for hydroxylation is 1. The lowest BCUT2D eigenvalue weighted by Gasteiger charge is -2.09. The molecule has 1 aromatic carbocycles. The van der Waals surface area contributed by atoms with Crippen LogP contribution in [-0.2, 0) is 0 Å². The number of nitrogens with two attached hydrogens (primary N) is 1. The fraction of sp³-hybridized carbons (Fsp3) is 0.222. The van der Waals surface area contributed by atoms with Crippen LogP contribution in [0.4, 0.5) is 4.79 Å². The van der Waals surface area contributed by atoms with Crippen molar-refractivity contribution in [3.05, 3.63) is 22.7 Å². The Morgan fingerprint density at radius 1 is 1.43 bits per heavy atom. The minimum atomic E-state index is -0.900. The van der Waals surface area contributed by atoms with Crippen molar-refractivity contribution in [3.8, 4) is 11.5 Å². The molecule has 14 heavy (non-hydrogen) atoms. The van der Waals surface area contributed by atoms with E-state index >= 15 is 0 Å². The number of hydrogen-bond donors (Lipinski definition) is 1. The van der Waals surface area contributed by atoms with Crippen LogP contribution in [0, 0.1) is 6.92 Å². The number of benzene rings is 1. The van der Waals surface area contributed by atoms with Crippen molar-refractivity contribution in [1.29, 1.82) is 0 Å². The molecule has 1 aromatic rings. The van der Waals surface area contributed by atoms with E-state index in [-0.39, 0.29) is 5.75 Å². The summed E-state index contributed by atoms with van der Waals surface area (Å²) in [6.45, 7) is 1.82. The van der Waals surface area contributed by atoms with Gasteiger partial charge in [0.2, 0.25) is 0 Å². The molecule has 0 atom stereocenters. The second-order valence-electron chi connectivity index (χ2n) is 2.67. The maximum Gasteiger partial charge on any atom is 0.410 e. The molecule has 0 aliphatic rings. The van der Waals surface area contributed by atoms with Crippen LogP contribution in [0.5, 0.6) is 11.5 Å². The third kappa shape index (κ3) is 2.29. The third-order valence-electron chi connectivity index (χ3n) is 1.66. The van der Waals surface area contributed by atoms with Gasteiger partial charge >= 0.3 is 6.09 Å². The normalized spacial score (nSPS) is 9.64. The van der Waals surface area contributed by atoms with Crippen molar-refractivity contribution >= 4 is 17.7 Å². The molecular weight excluding hydrogens is 206 g/mol. The number of ether oxygens (including phenoxy) is 2. The molecule has 0 unspecified atom stereocenters. The molecule has 0 aliphatic heterocycles. The Balaban J connectivity index is 3.13. The van der Waals surface area contributed by atoms with Crippen LogP contribution in [0.15, 0.2) is 12.1 Å². The minimum Gasteiger partial charge on any atom is -0.493 e. The van der Waals surface area contributed by atoms with Gasteiger partial charge in [0.05, 0.1) is 7.11 Å². The van der Waals surface area contributed by atoms with Crippen LogP contribution in [0.2, 0.25) is 5.02 Å². The second kappa shape index (κ2) is 4.19. The highest BCUT2D eigenvalue weighted by molar-refractivity contribution is 6.31. The van der Waals surface area contributed by atoms with Crippen molar-refractivity contribution in [3.63, 3.8) is 0 Å². The van der Waals surface area contributed by atoms with E-state index in [0.29, 0.717) is 10.8 Å². The Hall–Kier alpha value is -1.42. The summed E-state index contributed by atoms with van der Waals surface area (Å²) in [7, 11) is 1.47. The summed E-state index contributed by atoms with van der Waals surface area (Å²) in [5, 5.41) is 0.488. The highest BCUT2D eigenvalue weighted by Gasteiger charge is 2.10. The Morgan fingerprint density at radius 2 is 2.07 bits per heavy atom. The van der Waals surface area contributed by atoms with E-state index in [1.54, 1.807) is 6.07 Å². The van der Waals surface area contributed by atoms with E-state index in [9.17, 15) is 4.79 Å². The zero-order valence-electron chi connectivity index (χ0n) is 7.83. The van der Waals surface area contributed by atoms with Gasteiger partial charge < -0.3 is 15.2 Å². The average Bonchev–Trinajstić information content (AvgIpc) is 2.10. The smallest absolute Gasteiger partial charge is 0.410 e. The molecule has 0 saturated heterocycles. The van der Waals surface area contributed by atoms with E-state index in [1.807, 2.05) is 6.92 Å². The zero-order chi connectivity index (χ0) is 10.7. The SMILES string of the molecule is COc1cc(C)c(Cl)cc1OC(N)=O. The molecular formula is C9H10ClNO3. The van der Waals surface area contributed by atoms with Gasteiger partial charge in [-0.1, -0.05) is 11.6 Å². The predicted octanol–water partition coefficient (Wildman–Crippen LogP) is 2.11. The van der Waals surface area contributed by atoms with E-state index in [0.717, 1.165) is 5.56 Å². The first-order valence-corrected chi connectivity index (χ1v) is 4.24. The highest BCUT2D eigenvalue weighted by atomic mass is 35.5. The van der Waals surface area contributed by atoms with E-state index < -0.39 is 6.09 Å². The first kappa shape index (κ1) is 10.7. The lowest BCUT2D eigenvalue weighted by atomic mass is 10.2. The summed E-state index contributed by atoms with van der Waals surface area (Å²) in [6, 6.07) is 3.15. The molecule has 0 bridgehead atoms. The Kier molecular flexibility index (Phi) is 3.19. The number of carbonyl (C=O) groups is 1. The Bertz CT molecular complexity index is 365. The minimum absolute atomic E-state index is 0.218. The quantitative estimate of drug-likeness (QED) is 0.822. The Morgan fingerprint density at radius 3 is 2.57 bits per heavy atom. The van der Waals surface area contributed by atoms with Crippen LogP contribution < -0.4 is 15.2 Å². The number of amides is 1. The molecule has 1 amide bonds. The first-order valence-electron chi connectivity index (χ1n) is 3.86. The maximum atomic E-state index is 10.5. The third-order valence-corrected chi connectivity index (χ3v) is 2.06. The second-order valence-corrected chi connectivity index (χ2v) is 3.08. The number of primary amides is 1. The van der Waals surface area contributed by atoms with E-state index in [4.69, 9.17) is 26.8 Å². The van der Waals surface area contributed by atoms with Gasteiger partial charge in [-0.05, 0) is 18.6 Å². The number of rotatable bonds is 2.